The first-order valence-electron chi connectivity index (χ1n) is 3.28. The standard InChI is InChI=1S/2C2H5O.2CH3O.Al.Na/c2*1-2-3;2*1-2;;/h2*2H2,1H3;2*1H3;;/q4*-1;+3;+1. The summed E-state index contributed by atoms with van der Waals surface area (Å²) in [6, 6.07) is 0. The first-order valence-corrected chi connectivity index (χ1v) is 4.22. The quantitative estimate of drug-likeness (QED) is 0.424. The van der Waals surface area contributed by atoms with Crippen LogP contribution in [0.4, 0.5) is 0 Å². The Morgan fingerprint density at radius 2 is 1.17 bits per heavy atom. The second kappa shape index (κ2) is 39.4. The largest absolute Gasteiger partial charge is 1.00 e. The Morgan fingerprint density at radius 1 is 1.00 bits per heavy atom. The van der Waals surface area contributed by atoms with Crippen molar-refractivity contribution in [1.29, 1.82) is 0 Å². The fraction of sp³-hybridized carbons (Fsp3) is 1.00. The summed E-state index contributed by atoms with van der Waals surface area (Å²) >= 11 is -0.185. The van der Waals surface area contributed by atoms with E-state index >= 15 is 0 Å². The van der Waals surface area contributed by atoms with Crippen molar-refractivity contribution in [3.8, 4) is 0 Å². The van der Waals surface area contributed by atoms with E-state index in [0.29, 0.717) is 0 Å². The molecule has 0 aliphatic carbocycles. The Balaban J connectivity index is -0.0000000406. The van der Waals surface area contributed by atoms with Crippen LogP contribution < -0.4 is 39.8 Å². The van der Waals surface area contributed by atoms with Gasteiger partial charge in [-0.15, -0.1) is 13.2 Å². The monoisotopic (exact) mass is 202 g/mol. The average molecular weight is 202 g/mol. The predicted octanol–water partition coefficient (Wildman–Crippen LogP) is -4.45. The molecule has 0 fully saturated rings. The van der Waals surface area contributed by atoms with Gasteiger partial charge in [0.1, 0.15) is 0 Å². The van der Waals surface area contributed by atoms with Crippen molar-refractivity contribution >= 4 is 15.9 Å². The van der Waals surface area contributed by atoms with Crippen LogP contribution in [0.5, 0.6) is 0 Å². The summed E-state index contributed by atoms with van der Waals surface area (Å²) in [4.78, 5) is 0. The number of rotatable bonds is 2. The van der Waals surface area contributed by atoms with Crippen molar-refractivity contribution in [1.82, 2.24) is 0 Å². The molecule has 0 aliphatic heterocycles. The first-order chi connectivity index (χ1) is 5.24. The molecule has 0 aromatic carbocycles. The fourth-order valence-corrected chi connectivity index (χ4v) is 0.289. The van der Waals surface area contributed by atoms with E-state index in [2.05, 4.69) is 7.58 Å². The maximum Gasteiger partial charge on any atom is 1.00 e. The van der Waals surface area contributed by atoms with Gasteiger partial charge in [-0.3, -0.25) is 0 Å². The Morgan fingerprint density at radius 3 is 1.17 bits per heavy atom. The van der Waals surface area contributed by atoms with Gasteiger partial charge in [0.25, 0.3) is 0 Å². The van der Waals surface area contributed by atoms with E-state index < -0.39 is 0 Å². The zero-order chi connectivity index (χ0) is 9.54. The molecule has 0 radical (unpaired) electrons. The van der Waals surface area contributed by atoms with Crippen LogP contribution in [0, 0.1) is 0 Å². The first kappa shape index (κ1) is 23.3. The normalized spacial score (nSPS) is 5.83. The molecule has 0 amide bonds. The number of hydrogen-bond donors (Lipinski definition) is 0. The van der Waals surface area contributed by atoms with Gasteiger partial charge in [0.2, 0.25) is 0 Å². The molecule has 0 unspecified atom stereocenters. The average Bonchev–Trinajstić information content (AvgIpc) is 1.92. The van der Waals surface area contributed by atoms with Crippen molar-refractivity contribution in [2.45, 2.75) is 13.8 Å². The van der Waals surface area contributed by atoms with Crippen molar-refractivity contribution in [2.75, 3.05) is 27.4 Å². The zero-order valence-corrected chi connectivity index (χ0v) is 11.8. The maximum absolute atomic E-state index is 8.93. The minimum absolute atomic E-state index is 0. The minimum Gasteiger partial charge on any atom is 1.00 e. The molecule has 0 atom stereocenters. The van der Waals surface area contributed by atoms with Crippen LogP contribution in [0.25, 0.3) is 0 Å². The third kappa shape index (κ3) is 108. The van der Waals surface area contributed by atoms with Crippen LogP contribution >= 0.6 is 0 Å². The smallest absolute Gasteiger partial charge is 1.00 e. The van der Waals surface area contributed by atoms with Gasteiger partial charge < -0.3 is 10.2 Å². The van der Waals surface area contributed by atoms with Crippen molar-refractivity contribution in [3.05, 3.63) is 0 Å². The Bertz CT molecular complexity index is 38.7. The zero-order valence-electron chi connectivity index (χ0n) is 8.62. The SMILES string of the molecule is CC[O-].CC[O-].C[O][Al+][O]C.[Na+]. The van der Waals surface area contributed by atoms with Crippen LogP contribution in [0.3, 0.4) is 0 Å². The van der Waals surface area contributed by atoms with Crippen LogP contribution in [0.2, 0.25) is 0 Å². The summed E-state index contributed by atoms with van der Waals surface area (Å²) in [6.07, 6.45) is 0. The third-order valence-corrected chi connectivity index (χ3v) is 0.577. The summed E-state index contributed by atoms with van der Waals surface area (Å²) < 4.78 is 9.10. The van der Waals surface area contributed by atoms with Crippen molar-refractivity contribution < 1.29 is 47.3 Å². The van der Waals surface area contributed by atoms with E-state index in [9.17, 15) is 0 Å². The molecule has 6 heteroatoms. The van der Waals surface area contributed by atoms with Gasteiger partial charge in [-0.25, -0.2) is 0 Å². The molecular formula is C6H16AlNaO4. The second-order valence-corrected chi connectivity index (χ2v) is 2.28. The summed E-state index contributed by atoms with van der Waals surface area (Å²) in [5.41, 5.74) is 0. The molecule has 12 heavy (non-hydrogen) atoms. The molecule has 4 nitrogen and oxygen atoms in total. The van der Waals surface area contributed by atoms with Crippen LogP contribution in [0.1, 0.15) is 13.8 Å². The molecule has 0 aromatic heterocycles. The molecule has 0 bridgehead atoms. The van der Waals surface area contributed by atoms with Crippen molar-refractivity contribution in [2.24, 2.45) is 0 Å². The van der Waals surface area contributed by atoms with Gasteiger partial charge in [-0.05, 0) is 0 Å². The summed E-state index contributed by atoms with van der Waals surface area (Å²) in [5.74, 6) is 0. The minimum atomic E-state index is -0.185. The van der Waals surface area contributed by atoms with Gasteiger partial charge in [0.05, 0.1) is 0 Å². The van der Waals surface area contributed by atoms with Gasteiger partial charge in [0, 0.05) is 0 Å². The third-order valence-electron chi connectivity index (χ3n) is 0.192. The topological polar surface area (TPSA) is 64.6 Å². The Hall–Kier alpha value is 1.37. The number of hydrogen-bond acceptors (Lipinski definition) is 4. The second-order valence-electron chi connectivity index (χ2n) is 1.14. The molecular weight excluding hydrogens is 186 g/mol. The summed E-state index contributed by atoms with van der Waals surface area (Å²) in [6.45, 7) is 3.14. The molecule has 0 heterocycles. The Labute approximate surface area is 104 Å². The van der Waals surface area contributed by atoms with E-state index in [0.717, 1.165) is 0 Å². The molecule has 0 rings (SSSR count). The predicted molar refractivity (Wildman–Crippen MR) is 40.9 cm³/mol. The summed E-state index contributed by atoms with van der Waals surface area (Å²) in [5, 5.41) is 17.9. The van der Waals surface area contributed by atoms with E-state index in [4.69, 9.17) is 10.2 Å². The van der Waals surface area contributed by atoms with E-state index in [1.165, 1.54) is 0 Å². The molecule has 0 saturated heterocycles. The van der Waals surface area contributed by atoms with Gasteiger partial charge in [0.15, 0.2) is 0 Å². The van der Waals surface area contributed by atoms with Crippen LogP contribution in [-0.4, -0.2) is 43.3 Å². The van der Waals surface area contributed by atoms with Crippen LogP contribution in [0.15, 0.2) is 0 Å². The fourth-order valence-electron chi connectivity index (χ4n) is 0.0962. The van der Waals surface area contributed by atoms with Gasteiger partial charge >= 0.3 is 67.2 Å². The molecule has 0 aliphatic rings. The van der Waals surface area contributed by atoms with Gasteiger partial charge in [-0.1, -0.05) is 13.8 Å². The van der Waals surface area contributed by atoms with Gasteiger partial charge in [-0.2, -0.15) is 0 Å². The van der Waals surface area contributed by atoms with E-state index in [1.807, 2.05) is 0 Å². The maximum atomic E-state index is 8.93. The molecule has 0 saturated carbocycles. The summed E-state index contributed by atoms with van der Waals surface area (Å²) in [7, 11) is 3.25. The van der Waals surface area contributed by atoms with Crippen LogP contribution in [-0.2, 0) is 7.58 Å². The molecule has 68 valence electrons. The molecule has 0 aromatic rings. The van der Waals surface area contributed by atoms with E-state index in [-0.39, 0.29) is 58.7 Å². The van der Waals surface area contributed by atoms with E-state index in [1.54, 1.807) is 28.1 Å². The Kier molecular flexibility index (Phi) is 76.5. The molecule has 0 spiro atoms. The molecule has 0 N–H and O–H groups in total. The van der Waals surface area contributed by atoms with Crippen molar-refractivity contribution in [3.63, 3.8) is 0 Å².